The Morgan fingerprint density at radius 2 is 1.59 bits per heavy atom. The van der Waals surface area contributed by atoms with Gasteiger partial charge in [-0.1, -0.05) is 29.8 Å². The number of piperidine rings is 2. The van der Waals surface area contributed by atoms with Crippen LogP contribution in [0.3, 0.4) is 0 Å². The van der Waals surface area contributed by atoms with E-state index in [1.165, 1.54) is 29.3 Å². The molecule has 2 aromatic rings. The van der Waals surface area contributed by atoms with Gasteiger partial charge < -0.3 is 10.2 Å². The number of anilines is 2. The number of nitrogens with zero attached hydrogens (tertiary/aromatic N) is 2. The minimum atomic E-state index is -3.47. The highest BCUT2D eigenvalue weighted by Gasteiger charge is 2.31. The third kappa shape index (κ3) is 5.63. The van der Waals surface area contributed by atoms with E-state index in [1.807, 2.05) is 12.1 Å². The van der Waals surface area contributed by atoms with Crippen LogP contribution >= 0.6 is 11.6 Å². The molecule has 8 heteroatoms. The zero-order chi connectivity index (χ0) is 22.6. The monoisotopic (exact) mass is 475 g/mol. The summed E-state index contributed by atoms with van der Waals surface area (Å²) >= 11 is 6.13. The molecule has 0 spiro atoms. The van der Waals surface area contributed by atoms with E-state index < -0.39 is 10.0 Å². The fourth-order valence-corrected chi connectivity index (χ4v) is 6.33. The summed E-state index contributed by atoms with van der Waals surface area (Å²) in [5, 5.41) is 3.46. The number of carbonyl (C=O) groups excluding carboxylic acids is 1. The van der Waals surface area contributed by atoms with Gasteiger partial charge >= 0.3 is 0 Å². The van der Waals surface area contributed by atoms with Crippen LogP contribution in [0.2, 0.25) is 5.02 Å². The Bertz CT molecular complexity index is 1030. The second-order valence-corrected chi connectivity index (χ2v) is 11.0. The van der Waals surface area contributed by atoms with Crippen LogP contribution in [-0.2, 0) is 20.6 Å². The zero-order valence-electron chi connectivity index (χ0n) is 18.2. The van der Waals surface area contributed by atoms with Gasteiger partial charge in [0.05, 0.1) is 5.75 Å². The van der Waals surface area contributed by atoms with E-state index in [0.29, 0.717) is 36.5 Å². The predicted molar refractivity (Wildman–Crippen MR) is 130 cm³/mol. The molecular weight excluding hydrogens is 446 g/mol. The van der Waals surface area contributed by atoms with Gasteiger partial charge in [-0.05, 0) is 68.0 Å². The van der Waals surface area contributed by atoms with Gasteiger partial charge in [0.15, 0.2) is 0 Å². The summed E-state index contributed by atoms with van der Waals surface area (Å²) in [6.45, 7) is 2.87. The first-order valence-corrected chi connectivity index (χ1v) is 13.3. The average Bonchev–Trinajstić information content (AvgIpc) is 2.81. The lowest BCUT2D eigenvalue weighted by molar-refractivity contribution is -0.120. The number of rotatable bonds is 6. The lowest BCUT2D eigenvalue weighted by Gasteiger charge is -2.31. The molecule has 1 amide bonds. The topological polar surface area (TPSA) is 69.7 Å². The first-order chi connectivity index (χ1) is 15.4. The van der Waals surface area contributed by atoms with Gasteiger partial charge in [-0.2, -0.15) is 0 Å². The number of sulfonamides is 1. The molecule has 0 unspecified atom stereocenters. The third-order valence-corrected chi connectivity index (χ3v) is 8.57. The molecule has 0 saturated carbocycles. The molecule has 0 aliphatic carbocycles. The number of hydrogen-bond acceptors (Lipinski definition) is 4. The normalized spacial score (nSPS) is 18.5. The second kappa shape index (κ2) is 10.2. The van der Waals surface area contributed by atoms with E-state index in [1.54, 1.807) is 24.3 Å². The van der Waals surface area contributed by atoms with Crippen molar-refractivity contribution in [1.29, 1.82) is 0 Å². The summed E-state index contributed by atoms with van der Waals surface area (Å²) in [6.07, 6.45) is 4.78. The van der Waals surface area contributed by atoms with E-state index in [-0.39, 0.29) is 17.6 Å². The summed E-state index contributed by atoms with van der Waals surface area (Å²) in [5.41, 5.74) is 2.58. The molecule has 32 heavy (non-hydrogen) atoms. The molecule has 2 heterocycles. The number of benzene rings is 2. The maximum Gasteiger partial charge on any atom is 0.227 e. The largest absolute Gasteiger partial charge is 0.372 e. The molecule has 0 radical (unpaired) electrons. The Labute approximate surface area is 195 Å². The molecule has 4 rings (SSSR count). The van der Waals surface area contributed by atoms with Crippen molar-refractivity contribution in [3.63, 3.8) is 0 Å². The quantitative estimate of drug-likeness (QED) is 0.667. The second-order valence-electron chi connectivity index (χ2n) is 8.60. The molecule has 2 fully saturated rings. The van der Waals surface area contributed by atoms with Crippen molar-refractivity contribution in [3.05, 3.63) is 59.1 Å². The summed E-state index contributed by atoms with van der Waals surface area (Å²) in [4.78, 5) is 15.1. The lowest BCUT2D eigenvalue weighted by Crippen LogP contribution is -2.41. The molecule has 1 N–H and O–H groups in total. The van der Waals surface area contributed by atoms with Crippen molar-refractivity contribution < 1.29 is 13.2 Å². The molecule has 2 aliphatic rings. The van der Waals surface area contributed by atoms with Crippen molar-refractivity contribution in [1.82, 2.24) is 4.31 Å². The maximum atomic E-state index is 12.8. The molecule has 172 valence electrons. The summed E-state index contributed by atoms with van der Waals surface area (Å²) in [7, 11) is -3.47. The minimum absolute atomic E-state index is 0.0427. The highest BCUT2D eigenvalue weighted by molar-refractivity contribution is 7.88. The minimum Gasteiger partial charge on any atom is -0.372 e. The van der Waals surface area contributed by atoms with Crippen molar-refractivity contribution in [3.8, 4) is 0 Å². The van der Waals surface area contributed by atoms with Crippen LogP contribution < -0.4 is 10.2 Å². The van der Waals surface area contributed by atoms with Gasteiger partial charge in [0.1, 0.15) is 0 Å². The van der Waals surface area contributed by atoms with Crippen molar-refractivity contribution in [2.75, 3.05) is 36.4 Å². The summed E-state index contributed by atoms with van der Waals surface area (Å²) in [5.74, 6) is -0.352. The van der Waals surface area contributed by atoms with Crippen molar-refractivity contribution >= 4 is 38.9 Å². The molecule has 0 atom stereocenters. The van der Waals surface area contributed by atoms with Crippen molar-refractivity contribution in [2.45, 2.75) is 37.9 Å². The van der Waals surface area contributed by atoms with Crippen LogP contribution in [0.25, 0.3) is 0 Å². The molecule has 2 saturated heterocycles. The van der Waals surface area contributed by atoms with Crippen molar-refractivity contribution in [2.24, 2.45) is 5.92 Å². The molecule has 0 aromatic heterocycles. The Morgan fingerprint density at radius 1 is 0.938 bits per heavy atom. The molecule has 6 nitrogen and oxygen atoms in total. The van der Waals surface area contributed by atoms with Crippen LogP contribution in [0.15, 0.2) is 48.5 Å². The molecule has 2 aromatic carbocycles. The van der Waals surface area contributed by atoms with E-state index in [4.69, 9.17) is 11.6 Å². The van der Waals surface area contributed by atoms with Gasteiger partial charge in [-0.25, -0.2) is 12.7 Å². The molecular formula is C24H30ClN3O3S. The maximum absolute atomic E-state index is 12.8. The van der Waals surface area contributed by atoms with E-state index >= 15 is 0 Å². The highest BCUT2D eigenvalue weighted by Crippen LogP contribution is 2.26. The predicted octanol–water partition coefficient (Wildman–Crippen LogP) is 4.51. The molecule has 2 aliphatic heterocycles. The Balaban J connectivity index is 1.29. The van der Waals surface area contributed by atoms with Crippen LogP contribution in [0.4, 0.5) is 11.4 Å². The summed E-state index contributed by atoms with van der Waals surface area (Å²) < 4.78 is 27.1. The Hall–Kier alpha value is -2.09. The van der Waals surface area contributed by atoms with E-state index in [2.05, 4.69) is 22.3 Å². The van der Waals surface area contributed by atoms with Crippen LogP contribution in [0.5, 0.6) is 0 Å². The van der Waals surface area contributed by atoms with E-state index in [0.717, 1.165) is 18.8 Å². The number of hydrogen-bond donors (Lipinski definition) is 1. The number of halogens is 1. The van der Waals surface area contributed by atoms with E-state index in [9.17, 15) is 13.2 Å². The zero-order valence-corrected chi connectivity index (χ0v) is 19.7. The van der Waals surface area contributed by atoms with Gasteiger partial charge in [-0.3, -0.25) is 4.79 Å². The van der Waals surface area contributed by atoms with Crippen LogP contribution in [0.1, 0.15) is 37.7 Å². The standard InChI is InChI=1S/C24H30ClN3O3S/c25-23-7-3-2-6-20(23)18-32(30,31)28-16-12-19(13-17-28)24(29)26-21-8-10-22(11-9-21)27-14-4-1-5-15-27/h2-3,6-11,19H,1,4-5,12-18H2,(H,26,29). The average molecular weight is 476 g/mol. The highest BCUT2D eigenvalue weighted by atomic mass is 35.5. The Morgan fingerprint density at radius 3 is 2.25 bits per heavy atom. The Kier molecular flexibility index (Phi) is 7.38. The van der Waals surface area contributed by atoms with Crippen LogP contribution in [-0.4, -0.2) is 44.8 Å². The number of carbonyl (C=O) groups is 1. The fourth-order valence-electron chi connectivity index (χ4n) is 4.45. The number of nitrogens with one attached hydrogen (secondary N) is 1. The molecule has 0 bridgehead atoms. The SMILES string of the molecule is O=C(Nc1ccc(N2CCCCC2)cc1)C1CCN(S(=O)(=O)Cc2ccccc2Cl)CC1. The number of amides is 1. The third-order valence-electron chi connectivity index (χ3n) is 6.37. The first-order valence-electron chi connectivity index (χ1n) is 11.3. The first kappa shape index (κ1) is 23.1. The van der Waals surface area contributed by atoms with Crippen LogP contribution in [0, 0.1) is 5.92 Å². The fraction of sp³-hybridized carbons (Fsp3) is 0.458. The lowest BCUT2D eigenvalue weighted by atomic mass is 9.97. The van der Waals surface area contributed by atoms with Gasteiger partial charge in [0.2, 0.25) is 15.9 Å². The smallest absolute Gasteiger partial charge is 0.227 e. The summed E-state index contributed by atoms with van der Waals surface area (Å²) in [6, 6.07) is 15.0. The van der Waals surface area contributed by atoms with Gasteiger partial charge in [-0.15, -0.1) is 0 Å². The van der Waals surface area contributed by atoms with Gasteiger partial charge in [0.25, 0.3) is 0 Å². The van der Waals surface area contributed by atoms with Gasteiger partial charge in [0, 0.05) is 48.5 Å².